The molecular weight excluding hydrogens is 390 g/mol. The molecule has 7 heteroatoms. The molecule has 2 aromatic rings. The van der Waals surface area contributed by atoms with Crippen LogP contribution in [0.25, 0.3) is 0 Å². The number of carbonyl (C=O) groups excluding carboxylic acids is 1. The Morgan fingerprint density at radius 2 is 2.14 bits per heavy atom. The third kappa shape index (κ3) is 5.34. The van der Waals surface area contributed by atoms with Crippen molar-refractivity contribution >= 4 is 24.0 Å². The number of carbonyl (C=O) groups is 1. The van der Waals surface area contributed by atoms with Crippen LogP contribution in [0.4, 0.5) is 0 Å². The SMILES string of the molecule is CC1(c2cccc(CC(=O)c3ccc(OCC4CC4)cn3)c2)COCC(N)=N1.Cl. The van der Waals surface area contributed by atoms with Gasteiger partial charge in [0.2, 0.25) is 0 Å². The Balaban J connectivity index is 0.00000240. The van der Waals surface area contributed by atoms with Crippen molar-refractivity contribution in [2.24, 2.45) is 16.6 Å². The van der Waals surface area contributed by atoms with Gasteiger partial charge in [-0.05, 0) is 48.9 Å². The lowest BCUT2D eigenvalue weighted by molar-refractivity contribution is 0.0987. The van der Waals surface area contributed by atoms with E-state index in [1.54, 1.807) is 12.3 Å². The second kappa shape index (κ2) is 8.93. The van der Waals surface area contributed by atoms with Gasteiger partial charge in [-0.15, -0.1) is 12.4 Å². The summed E-state index contributed by atoms with van der Waals surface area (Å²) in [6.45, 7) is 3.55. The molecule has 0 bridgehead atoms. The number of Topliss-reactive ketones (excluding diaryl/α,β-unsaturated/α-hetero) is 1. The lowest BCUT2D eigenvalue weighted by atomic mass is 9.90. The number of nitrogens with zero attached hydrogens (tertiary/aromatic N) is 2. The van der Waals surface area contributed by atoms with Crippen molar-refractivity contribution in [2.75, 3.05) is 19.8 Å². The number of amidine groups is 1. The topological polar surface area (TPSA) is 86.8 Å². The molecule has 29 heavy (non-hydrogen) atoms. The Kier molecular flexibility index (Phi) is 6.55. The molecule has 1 fully saturated rings. The van der Waals surface area contributed by atoms with Crippen molar-refractivity contribution in [1.82, 2.24) is 4.98 Å². The summed E-state index contributed by atoms with van der Waals surface area (Å²) < 4.78 is 11.2. The van der Waals surface area contributed by atoms with Crippen LogP contribution in [0.15, 0.2) is 47.6 Å². The predicted octanol–water partition coefficient (Wildman–Crippen LogP) is 3.32. The van der Waals surface area contributed by atoms with Gasteiger partial charge in [0.25, 0.3) is 0 Å². The summed E-state index contributed by atoms with van der Waals surface area (Å²) in [6.07, 6.45) is 4.39. The van der Waals surface area contributed by atoms with Crippen LogP contribution in [0.5, 0.6) is 5.75 Å². The molecule has 4 rings (SSSR count). The molecule has 1 aromatic heterocycles. The van der Waals surface area contributed by atoms with E-state index in [4.69, 9.17) is 15.2 Å². The lowest BCUT2D eigenvalue weighted by Crippen LogP contribution is -2.37. The molecule has 0 saturated heterocycles. The van der Waals surface area contributed by atoms with Crippen molar-refractivity contribution in [3.63, 3.8) is 0 Å². The number of rotatable bonds is 7. The van der Waals surface area contributed by atoms with Crippen molar-refractivity contribution < 1.29 is 14.3 Å². The summed E-state index contributed by atoms with van der Waals surface area (Å²) in [5, 5.41) is 0. The number of aromatic nitrogens is 1. The zero-order valence-electron chi connectivity index (χ0n) is 16.5. The quantitative estimate of drug-likeness (QED) is 0.701. The van der Waals surface area contributed by atoms with Crippen LogP contribution >= 0.6 is 12.4 Å². The molecule has 1 aromatic carbocycles. The Hall–Kier alpha value is -2.44. The molecule has 0 radical (unpaired) electrons. The first-order valence-electron chi connectivity index (χ1n) is 9.65. The van der Waals surface area contributed by atoms with Gasteiger partial charge in [0.05, 0.1) is 19.4 Å². The van der Waals surface area contributed by atoms with Gasteiger partial charge in [-0.3, -0.25) is 9.79 Å². The number of hydrogen-bond donors (Lipinski definition) is 1. The third-order valence-corrected chi connectivity index (χ3v) is 5.14. The fourth-order valence-electron chi connectivity index (χ4n) is 3.31. The molecule has 6 nitrogen and oxygen atoms in total. The standard InChI is InChI=1S/C22H25N3O3.ClH/c1-22(14-27-13-21(23)25-22)17-4-2-3-16(9-17)10-20(26)19-8-7-18(11-24-19)28-12-15-5-6-15;/h2-4,7-9,11,15H,5-6,10,12-14H2,1H3,(H2,23,25);1H. The van der Waals surface area contributed by atoms with Crippen LogP contribution in [0.1, 0.15) is 41.4 Å². The number of ether oxygens (including phenoxy) is 2. The minimum atomic E-state index is -0.528. The van der Waals surface area contributed by atoms with Crippen molar-refractivity contribution in [3.05, 3.63) is 59.4 Å². The summed E-state index contributed by atoms with van der Waals surface area (Å²) in [4.78, 5) is 21.5. The van der Waals surface area contributed by atoms with Gasteiger partial charge in [0.15, 0.2) is 5.78 Å². The van der Waals surface area contributed by atoms with E-state index >= 15 is 0 Å². The van der Waals surface area contributed by atoms with E-state index in [2.05, 4.69) is 9.98 Å². The van der Waals surface area contributed by atoms with Crippen molar-refractivity contribution in [1.29, 1.82) is 0 Å². The Bertz CT molecular complexity index is 896. The van der Waals surface area contributed by atoms with E-state index in [-0.39, 0.29) is 24.6 Å². The molecule has 154 valence electrons. The van der Waals surface area contributed by atoms with Crippen LogP contribution in [-0.4, -0.2) is 36.4 Å². The van der Waals surface area contributed by atoms with Crippen LogP contribution in [0.2, 0.25) is 0 Å². The van der Waals surface area contributed by atoms with Gasteiger partial charge in [-0.2, -0.15) is 0 Å². The van der Waals surface area contributed by atoms with E-state index in [1.807, 2.05) is 37.3 Å². The monoisotopic (exact) mass is 415 g/mol. The van der Waals surface area contributed by atoms with E-state index in [1.165, 1.54) is 12.8 Å². The summed E-state index contributed by atoms with van der Waals surface area (Å²) in [7, 11) is 0. The number of hydrogen-bond acceptors (Lipinski definition) is 6. The zero-order chi connectivity index (χ0) is 19.6. The number of aliphatic imine (C=N–C) groups is 1. The lowest BCUT2D eigenvalue weighted by Gasteiger charge is -2.30. The van der Waals surface area contributed by atoms with Crippen LogP contribution in [0, 0.1) is 5.92 Å². The van der Waals surface area contributed by atoms with Crippen molar-refractivity contribution in [2.45, 2.75) is 31.7 Å². The Labute approximate surface area is 176 Å². The molecule has 1 atom stereocenters. The number of pyridine rings is 1. The number of nitrogens with two attached hydrogens (primary N) is 1. The average molecular weight is 416 g/mol. The third-order valence-electron chi connectivity index (χ3n) is 5.14. The van der Waals surface area contributed by atoms with E-state index in [0.29, 0.717) is 36.4 Å². The normalized spacial score (nSPS) is 21.1. The fraction of sp³-hybridized carbons (Fsp3) is 0.409. The number of halogens is 1. The summed E-state index contributed by atoms with van der Waals surface area (Å²) in [5.74, 6) is 1.86. The molecule has 1 aliphatic heterocycles. The second-order valence-corrected chi connectivity index (χ2v) is 7.80. The highest BCUT2D eigenvalue weighted by molar-refractivity contribution is 5.95. The maximum absolute atomic E-state index is 12.6. The highest BCUT2D eigenvalue weighted by Crippen LogP contribution is 2.30. The second-order valence-electron chi connectivity index (χ2n) is 7.80. The summed E-state index contributed by atoms with van der Waals surface area (Å²) >= 11 is 0. The summed E-state index contributed by atoms with van der Waals surface area (Å²) in [5.41, 5.74) is 7.66. The summed E-state index contributed by atoms with van der Waals surface area (Å²) in [6, 6.07) is 11.4. The van der Waals surface area contributed by atoms with Gasteiger partial charge in [0, 0.05) is 6.42 Å². The van der Waals surface area contributed by atoms with Crippen LogP contribution in [-0.2, 0) is 16.7 Å². The maximum atomic E-state index is 12.6. The molecule has 1 aliphatic carbocycles. The molecular formula is C22H26ClN3O3. The first kappa shape index (κ1) is 21.3. The average Bonchev–Trinajstić information content (AvgIpc) is 3.51. The first-order valence-corrected chi connectivity index (χ1v) is 9.65. The Morgan fingerprint density at radius 1 is 1.31 bits per heavy atom. The first-order chi connectivity index (χ1) is 13.5. The zero-order valence-corrected chi connectivity index (χ0v) is 17.3. The Morgan fingerprint density at radius 3 is 2.83 bits per heavy atom. The molecule has 0 spiro atoms. The van der Waals surface area contributed by atoms with Gasteiger partial charge in [-0.25, -0.2) is 4.98 Å². The largest absolute Gasteiger partial charge is 0.492 e. The molecule has 2 N–H and O–H groups in total. The number of ketones is 1. The van der Waals surface area contributed by atoms with Gasteiger partial charge in [-0.1, -0.05) is 24.3 Å². The molecule has 2 heterocycles. The maximum Gasteiger partial charge on any atom is 0.185 e. The van der Waals surface area contributed by atoms with Crippen LogP contribution < -0.4 is 10.5 Å². The molecule has 1 unspecified atom stereocenters. The minimum Gasteiger partial charge on any atom is -0.492 e. The van der Waals surface area contributed by atoms with E-state index in [9.17, 15) is 4.79 Å². The van der Waals surface area contributed by atoms with Crippen molar-refractivity contribution in [3.8, 4) is 5.75 Å². The van der Waals surface area contributed by atoms with Gasteiger partial charge < -0.3 is 15.2 Å². The molecule has 2 aliphatic rings. The number of benzene rings is 1. The highest BCUT2D eigenvalue weighted by atomic mass is 35.5. The molecule has 0 amide bonds. The van der Waals surface area contributed by atoms with E-state index in [0.717, 1.165) is 17.7 Å². The highest BCUT2D eigenvalue weighted by Gasteiger charge is 2.30. The smallest absolute Gasteiger partial charge is 0.185 e. The van der Waals surface area contributed by atoms with Gasteiger partial charge >= 0.3 is 0 Å². The van der Waals surface area contributed by atoms with Gasteiger partial charge in [0.1, 0.15) is 29.4 Å². The van der Waals surface area contributed by atoms with E-state index < -0.39 is 5.54 Å². The predicted molar refractivity (Wildman–Crippen MR) is 114 cm³/mol. The fourth-order valence-corrected chi connectivity index (χ4v) is 3.31. The van der Waals surface area contributed by atoms with Crippen LogP contribution in [0.3, 0.4) is 0 Å². The minimum absolute atomic E-state index is 0. The molecule has 1 saturated carbocycles.